The monoisotopic (exact) mass is 268 g/mol. The van der Waals surface area contributed by atoms with Crippen LogP contribution < -0.4 is 10.6 Å². The van der Waals surface area contributed by atoms with E-state index in [1.165, 1.54) is 38.5 Å². The molecule has 0 aromatic carbocycles. The maximum atomic E-state index is 12.4. The summed E-state index contributed by atoms with van der Waals surface area (Å²) in [5, 5.41) is 7.02. The number of hydrogen-bond donors (Lipinski definition) is 2. The lowest BCUT2D eigenvalue weighted by Crippen LogP contribution is -2.61. The van der Waals surface area contributed by atoms with Crippen LogP contribution in [0.15, 0.2) is 0 Å². The van der Waals surface area contributed by atoms with E-state index in [2.05, 4.69) is 10.6 Å². The van der Waals surface area contributed by atoms with E-state index < -0.39 is 5.54 Å². The van der Waals surface area contributed by atoms with Crippen LogP contribution in [0.1, 0.15) is 58.3 Å². The third-order valence-electron chi connectivity index (χ3n) is 4.46. The van der Waals surface area contributed by atoms with Gasteiger partial charge >= 0.3 is 5.97 Å². The summed E-state index contributed by atoms with van der Waals surface area (Å²) >= 11 is 0. The van der Waals surface area contributed by atoms with Gasteiger partial charge in [-0.15, -0.1) is 0 Å². The summed E-state index contributed by atoms with van der Waals surface area (Å²) in [7, 11) is 0. The number of carbonyl (C=O) groups is 1. The van der Waals surface area contributed by atoms with Crippen LogP contribution in [0.5, 0.6) is 0 Å². The van der Waals surface area contributed by atoms with Crippen molar-refractivity contribution in [3.63, 3.8) is 0 Å². The van der Waals surface area contributed by atoms with Crippen molar-refractivity contribution in [2.75, 3.05) is 19.7 Å². The SMILES string of the molecule is CCOC(=O)C1(NC2CCCCCC2)CCNCC1. The second kappa shape index (κ2) is 7.25. The Morgan fingerprint density at radius 2 is 1.84 bits per heavy atom. The van der Waals surface area contributed by atoms with Crippen LogP contribution in [0.3, 0.4) is 0 Å². The largest absolute Gasteiger partial charge is 0.465 e. The first-order chi connectivity index (χ1) is 9.27. The second-order valence-electron chi connectivity index (χ2n) is 5.89. The zero-order valence-corrected chi connectivity index (χ0v) is 12.2. The molecule has 2 fully saturated rings. The van der Waals surface area contributed by atoms with E-state index in [0.717, 1.165) is 25.9 Å². The van der Waals surface area contributed by atoms with Crippen molar-refractivity contribution < 1.29 is 9.53 Å². The summed E-state index contributed by atoms with van der Waals surface area (Å²) < 4.78 is 5.33. The molecule has 1 aliphatic heterocycles. The Kier molecular flexibility index (Phi) is 5.64. The second-order valence-corrected chi connectivity index (χ2v) is 5.89. The molecule has 0 radical (unpaired) electrons. The summed E-state index contributed by atoms with van der Waals surface area (Å²) in [4.78, 5) is 12.4. The topological polar surface area (TPSA) is 50.4 Å². The number of esters is 1. The van der Waals surface area contributed by atoms with Crippen molar-refractivity contribution in [1.82, 2.24) is 10.6 Å². The Bertz CT molecular complexity index is 280. The summed E-state index contributed by atoms with van der Waals surface area (Å²) in [6.07, 6.45) is 9.36. The van der Waals surface area contributed by atoms with E-state index in [-0.39, 0.29) is 5.97 Å². The van der Waals surface area contributed by atoms with Crippen LogP contribution in [-0.4, -0.2) is 37.2 Å². The van der Waals surface area contributed by atoms with E-state index in [9.17, 15) is 4.79 Å². The summed E-state index contributed by atoms with van der Waals surface area (Å²) in [6, 6.07) is 0.491. The van der Waals surface area contributed by atoms with Gasteiger partial charge < -0.3 is 10.1 Å². The van der Waals surface area contributed by atoms with Crippen LogP contribution in [0.2, 0.25) is 0 Å². The third kappa shape index (κ3) is 3.93. The molecule has 0 bridgehead atoms. The van der Waals surface area contributed by atoms with Crippen molar-refractivity contribution in [3.05, 3.63) is 0 Å². The van der Waals surface area contributed by atoms with Gasteiger partial charge in [0.15, 0.2) is 0 Å². The Morgan fingerprint density at radius 3 is 2.42 bits per heavy atom. The lowest BCUT2D eigenvalue weighted by atomic mass is 9.86. The van der Waals surface area contributed by atoms with Crippen LogP contribution in [0.25, 0.3) is 0 Å². The third-order valence-corrected chi connectivity index (χ3v) is 4.46. The van der Waals surface area contributed by atoms with Crippen molar-refractivity contribution in [2.45, 2.75) is 69.9 Å². The van der Waals surface area contributed by atoms with Gasteiger partial charge in [0.2, 0.25) is 0 Å². The van der Waals surface area contributed by atoms with Crippen molar-refractivity contribution >= 4 is 5.97 Å². The van der Waals surface area contributed by atoms with E-state index in [4.69, 9.17) is 4.74 Å². The summed E-state index contributed by atoms with van der Waals surface area (Å²) in [5.74, 6) is -0.0410. The zero-order chi connectivity index (χ0) is 13.6. The minimum atomic E-state index is -0.434. The van der Waals surface area contributed by atoms with Gasteiger partial charge in [-0.1, -0.05) is 25.7 Å². The minimum Gasteiger partial charge on any atom is -0.465 e. The van der Waals surface area contributed by atoms with Crippen LogP contribution >= 0.6 is 0 Å². The van der Waals surface area contributed by atoms with Crippen LogP contribution in [-0.2, 0) is 9.53 Å². The Morgan fingerprint density at radius 1 is 1.21 bits per heavy atom. The molecule has 19 heavy (non-hydrogen) atoms. The average Bonchev–Trinajstić information content (AvgIpc) is 2.69. The van der Waals surface area contributed by atoms with Gasteiger partial charge in [-0.3, -0.25) is 10.1 Å². The highest BCUT2D eigenvalue weighted by Crippen LogP contribution is 2.25. The normalized spacial score (nSPS) is 24.7. The first kappa shape index (κ1) is 14.8. The summed E-state index contributed by atoms with van der Waals surface area (Å²) in [6.45, 7) is 4.16. The molecule has 110 valence electrons. The maximum Gasteiger partial charge on any atom is 0.326 e. The molecule has 2 rings (SSSR count). The quantitative estimate of drug-likeness (QED) is 0.605. The number of carbonyl (C=O) groups excluding carboxylic acids is 1. The number of hydrogen-bond acceptors (Lipinski definition) is 4. The highest BCUT2D eigenvalue weighted by atomic mass is 16.5. The van der Waals surface area contributed by atoms with Gasteiger partial charge in [0.05, 0.1) is 6.61 Å². The molecule has 1 saturated carbocycles. The fraction of sp³-hybridized carbons (Fsp3) is 0.933. The fourth-order valence-corrected chi connectivity index (χ4v) is 3.34. The molecule has 2 N–H and O–H groups in total. The van der Waals surface area contributed by atoms with Crippen molar-refractivity contribution in [1.29, 1.82) is 0 Å². The Balaban J connectivity index is 2.01. The molecule has 0 unspecified atom stereocenters. The van der Waals surface area contributed by atoms with Gasteiger partial charge in [0.1, 0.15) is 5.54 Å². The van der Waals surface area contributed by atoms with Gasteiger partial charge in [0, 0.05) is 6.04 Å². The van der Waals surface area contributed by atoms with Gasteiger partial charge in [-0.25, -0.2) is 0 Å². The molecule has 1 saturated heterocycles. The Labute approximate surface area is 116 Å². The smallest absolute Gasteiger partial charge is 0.326 e. The Hall–Kier alpha value is -0.610. The van der Waals surface area contributed by atoms with Gasteiger partial charge in [-0.05, 0) is 45.7 Å². The molecule has 4 heteroatoms. The molecule has 0 atom stereocenters. The first-order valence-electron chi connectivity index (χ1n) is 7.92. The van der Waals surface area contributed by atoms with Gasteiger partial charge in [-0.2, -0.15) is 0 Å². The van der Waals surface area contributed by atoms with E-state index in [1.54, 1.807) is 0 Å². The van der Waals surface area contributed by atoms with Gasteiger partial charge in [0.25, 0.3) is 0 Å². The van der Waals surface area contributed by atoms with Crippen molar-refractivity contribution in [2.24, 2.45) is 0 Å². The molecular formula is C15H28N2O2. The first-order valence-corrected chi connectivity index (χ1v) is 7.92. The standard InChI is InChI=1S/C15H28N2O2/c1-2-19-14(18)15(9-11-16-12-10-15)17-13-7-5-3-4-6-8-13/h13,16-17H,2-12H2,1H3. The lowest BCUT2D eigenvalue weighted by Gasteiger charge is -2.39. The number of rotatable bonds is 4. The molecule has 1 heterocycles. The fourth-order valence-electron chi connectivity index (χ4n) is 3.34. The highest BCUT2D eigenvalue weighted by Gasteiger charge is 2.42. The molecule has 0 aromatic heterocycles. The lowest BCUT2D eigenvalue weighted by molar-refractivity contribution is -0.153. The molecular weight excluding hydrogens is 240 g/mol. The predicted molar refractivity (Wildman–Crippen MR) is 76.1 cm³/mol. The van der Waals surface area contributed by atoms with E-state index >= 15 is 0 Å². The summed E-state index contributed by atoms with van der Waals surface area (Å²) in [5.41, 5.74) is -0.434. The number of nitrogens with one attached hydrogen (secondary N) is 2. The number of piperidine rings is 1. The predicted octanol–water partition coefficient (Wildman–Crippen LogP) is 1.98. The zero-order valence-electron chi connectivity index (χ0n) is 12.2. The number of ether oxygens (including phenoxy) is 1. The molecule has 0 amide bonds. The molecule has 0 spiro atoms. The van der Waals surface area contributed by atoms with E-state index in [0.29, 0.717) is 12.6 Å². The molecule has 1 aliphatic carbocycles. The van der Waals surface area contributed by atoms with Crippen molar-refractivity contribution in [3.8, 4) is 0 Å². The molecule has 0 aromatic rings. The molecule has 2 aliphatic rings. The molecule has 4 nitrogen and oxygen atoms in total. The van der Waals surface area contributed by atoms with Crippen LogP contribution in [0.4, 0.5) is 0 Å². The van der Waals surface area contributed by atoms with E-state index in [1.807, 2.05) is 6.92 Å². The highest BCUT2D eigenvalue weighted by molar-refractivity contribution is 5.81. The average molecular weight is 268 g/mol. The maximum absolute atomic E-state index is 12.4. The van der Waals surface area contributed by atoms with Crippen LogP contribution in [0, 0.1) is 0 Å². The minimum absolute atomic E-state index is 0.0410.